The number of ketones is 1. The molecule has 1 amide bonds. The molecule has 0 spiro atoms. The molecule has 2 aromatic carbocycles. The number of aryl methyl sites for hydroxylation is 2. The molecule has 5 rings (SSSR count). The number of benzene rings is 2. The lowest BCUT2D eigenvalue weighted by molar-refractivity contribution is -0.118. The van der Waals surface area contributed by atoms with Crippen LogP contribution in [0.25, 0.3) is 0 Å². The lowest BCUT2D eigenvalue weighted by atomic mass is 9.73. The molecule has 2 aliphatic rings. The van der Waals surface area contributed by atoms with Crippen molar-refractivity contribution in [2.45, 2.75) is 46.6 Å². The maximum absolute atomic E-state index is 13.3. The van der Waals surface area contributed by atoms with Gasteiger partial charge in [-0.05, 0) is 42.9 Å². The van der Waals surface area contributed by atoms with E-state index in [9.17, 15) is 9.59 Å². The number of hydrogen-bond donors (Lipinski definition) is 2. The monoisotopic (exact) mass is 440 g/mol. The van der Waals surface area contributed by atoms with Crippen LogP contribution in [-0.4, -0.2) is 21.5 Å². The van der Waals surface area contributed by atoms with Gasteiger partial charge in [0.05, 0.1) is 6.20 Å². The first-order valence-electron chi connectivity index (χ1n) is 11.3. The third-order valence-corrected chi connectivity index (χ3v) is 6.53. The Hall–Kier alpha value is -3.67. The van der Waals surface area contributed by atoms with Gasteiger partial charge in [0.25, 0.3) is 5.91 Å². The topological polar surface area (TPSA) is 76.0 Å². The van der Waals surface area contributed by atoms with Crippen LogP contribution in [0, 0.1) is 19.3 Å². The van der Waals surface area contributed by atoms with E-state index in [1.807, 2.05) is 62.4 Å². The first-order chi connectivity index (χ1) is 15.7. The number of para-hydroxylation sites is 1. The smallest absolute Gasteiger partial charge is 0.261 e. The van der Waals surface area contributed by atoms with Crippen LogP contribution in [0.3, 0.4) is 0 Å². The zero-order valence-corrected chi connectivity index (χ0v) is 19.4. The Morgan fingerprint density at radius 2 is 1.82 bits per heavy atom. The van der Waals surface area contributed by atoms with Crippen molar-refractivity contribution in [2.24, 2.45) is 5.41 Å². The Bertz CT molecular complexity index is 1300. The van der Waals surface area contributed by atoms with Crippen molar-refractivity contribution in [3.05, 3.63) is 88.3 Å². The first-order valence-corrected chi connectivity index (χ1v) is 11.3. The Balaban J connectivity index is 1.60. The minimum absolute atomic E-state index is 0.131. The molecule has 6 heteroatoms. The van der Waals surface area contributed by atoms with Crippen molar-refractivity contribution in [3.8, 4) is 0 Å². The molecule has 0 unspecified atom stereocenters. The van der Waals surface area contributed by atoms with Crippen molar-refractivity contribution < 1.29 is 9.59 Å². The van der Waals surface area contributed by atoms with Crippen molar-refractivity contribution in [1.82, 2.24) is 9.78 Å². The number of aromatic nitrogens is 2. The van der Waals surface area contributed by atoms with Crippen LogP contribution in [0.5, 0.6) is 0 Å². The maximum atomic E-state index is 13.3. The number of hydrogen-bond acceptors (Lipinski definition) is 4. The van der Waals surface area contributed by atoms with Gasteiger partial charge in [-0.15, -0.1) is 0 Å². The summed E-state index contributed by atoms with van der Waals surface area (Å²) in [7, 11) is 0. The van der Waals surface area contributed by atoms with Gasteiger partial charge in [-0.2, -0.15) is 5.10 Å². The summed E-state index contributed by atoms with van der Waals surface area (Å²) in [6, 6.07) is 15.5. The van der Waals surface area contributed by atoms with Crippen LogP contribution < -0.4 is 10.6 Å². The van der Waals surface area contributed by atoms with Crippen LogP contribution in [0.2, 0.25) is 0 Å². The highest BCUT2D eigenvalue weighted by atomic mass is 16.1. The summed E-state index contributed by atoms with van der Waals surface area (Å²) in [4.78, 5) is 26.6. The number of nitrogens with one attached hydrogen (secondary N) is 2. The van der Waals surface area contributed by atoms with Gasteiger partial charge in [-0.1, -0.05) is 61.9 Å². The Labute approximate surface area is 193 Å². The number of rotatable bonds is 3. The Kier molecular flexibility index (Phi) is 4.96. The molecular formula is C27H28N4O2. The molecule has 1 aliphatic heterocycles. The van der Waals surface area contributed by atoms with Crippen LogP contribution in [-0.2, 0) is 4.79 Å². The van der Waals surface area contributed by atoms with Crippen molar-refractivity contribution in [1.29, 1.82) is 0 Å². The maximum Gasteiger partial charge on any atom is 0.261 e. The fourth-order valence-corrected chi connectivity index (χ4v) is 4.84. The molecule has 0 fully saturated rings. The molecule has 0 bridgehead atoms. The largest absolute Gasteiger partial charge is 0.343 e. The SMILES string of the molecule is Cc1ccc([C@H]2C3=C(CC(C)(C)CC3=O)Nc3c(C(=O)Nc4ccccc4C)cnn32)cc1. The molecule has 1 atom stereocenters. The number of carbonyl (C=O) groups is 2. The zero-order valence-electron chi connectivity index (χ0n) is 19.4. The molecule has 2 heterocycles. The minimum atomic E-state index is -0.361. The molecule has 2 N–H and O–H groups in total. The summed E-state index contributed by atoms with van der Waals surface area (Å²) in [5.74, 6) is 0.522. The van der Waals surface area contributed by atoms with Crippen LogP contribution in [0.1, 0.15) is 59.8 Å². The lowest BCUT2D eigenvalue weighted by Gasteiger charge is -2.39. The quantitative estimate of drug-likeness (QED) is 0.571. The molecule has 0 saturated carbocycles. The van der Waals surface area contributed by atoms with E-state index in [-0.39, 0.29) is 23.1 Å². The normalized spacial score (nSPS) is 18.9. The van der Waals surface area contributed by atoms with Crippen LogP contribution in [0.15, 0.2) is 66.0 Å². The molecule has 0 saturated heterocycles. The summed E-state index contributed by atoms with van der Waals surface area (Å²) >= 11 is 0. The van der Waals surface area contributed by atoms with Gasteiger partial charge in [-0.3, -0.25) is 9.59 Å². The number of carbonyl (C=O) groups excluding carboxylic acids is 2. The summed E-state index contributed by atoms with van der Waals surface area (Å²) in [5.41, 5.74) is 5.84. The average Bonchev–Trinajstić information content (AvgIpc) is 3.17. The van der Waals surface area contributed by atoms with Crippen molar-refractivity contribution in [2.75, 3.05) is 10.6 Å². The highest BCUT2D eigenvalue weighted by molar-refractivity contribution is 6.08. The van der Waals surface area contributed by atoms with E-state index < -0.39 is 0 Å². The van der Waals surface area contributed by atoms with Crippen molar-refractivity contribution in [3.63, 3.8) is 0 Å². The number of fused-ring (bicyclic) bond motifs is 1. The zero-order chi connectivity index (χ0) is 23.3. The predicted molar refractivity (Wildman–Crippen MR) is 129 cm³/mol. The number of allylic oxidation sites excluding steroid dienone is 2. The van der Waals surface area contributed by atoms with E-state index in [2.05, 4.69) is 29.6 Å². The second-order valence-electron chi connectivity index (χ2n) is 9.89. The molecule has 0 radical (unpaired) electrons. The first kappa shape index (κ1) is 21.2. The molecule has 1 aromatic heterocycles. The lowest BCUT2D eigenvalue weighted by Crippen LogP contribution is -2.37. The predicted octanol–water partition coefficient (Wildman–Crippen LogP) is 5.41. The third kappa shape index (κ3) is 3.75. The van der Waals surface area contributed by atoms with Gasteiger partial charge in [0.1, 0.15) is 17.4 Å². The highest BCUT2D eigenvalue weighted by Gasteiger charge is 2.42. The second-order valence-corrected chi connectivity index (χ2v) is 9.89. The molecule has 3 aromatic rings. The fourth-order valence-electron chi connectivity index (χ4n) is 4.84. The van der Waals surface area contributed by atoms with Crippen LogP contribution in [0.4, 0.5) is 11.5 Å². The summed E-state index contributed by atoms with van der Waals surface area (Å²) in [6.45, 7) is 8.21. The van der Waals surface area contributed by atoms with E-state index >= 15 is 0 Å². The van der Waals surface area contributed by atoms with Gasteiger partial charge in [0, 0.05) is 23.4 Å². The van der Waals surface area contributed by atoms with Gasteiger partial charge in [0.2, 0.25) is 0 Å². The van der Waals surface area contributed by atoms with E-state index in [4.69, 9.17) is 0 Å². The molecule has 1 aliphatic carbocycles. The molecular weight excluding hydrogens is 412 g/mol. The van der Waals surface area contributed by atoms with Gasteiger partial charge in [0.15, 0.2) is 5.78 Å². The van der Waals surface area contributed by atoms with E-state index in [1.165, 1.54) is 0 Å². The van der Waals surface area contributed by atoms with Gasteiger partial charge < -0.3 is 10.6 Å². The van der Waals surface area contributed by atoms with E-state index in [1.54, 1.807) is 10.9 Å². The fraction of sp³-hybridized carbons (Fsp3) is 0.296. The number of anilines is 2. The second kappa shape index (κ2) is 7.73. The average molecular weight is 441 g/mol. The molecule has 6 nitrogen and oxygen atoms in total. The summed E-state index contributed by atoms with van der Waals surface area (Å²) < 4.78 is 1.78. The summed E-state index contributed by atoms with van der Waals surface area (Å²) in [5, 5.41) is 11.0. The van der Waals surface area contributed by atoms with Crippen LogP contribution >= 0.6 is 0 Å². The summed E-state index contributed by atoms with van der Waals surface area (Å²) in [6.07, 6.45) is 2.82. The number of nitrogens with zero attached hydrogens (tertiary/aromatic N) is 2. The Morgan fingerprint density at radius 3 is 2.55 bits per heavy atom. The van der Waals surface area contributed by atoms with Gasteiger partial charge in [-0.25, -0.2) is 4.68 Å². The standard InChI is InChI=1S/C27H28N4O2/c1-16-9-11-18(12-10-16)24-23-21(13-27(3,4)14-22(23)32)29-25-19(15-28-31(24)25)26(33)30-20-8-6-5-7-17(20)2/h5-12,15,24,29H,13-14H2,1-4H3,(H,30,33)/t24-/m0/s1. The third-order valence-electron chi connectivity index (χ3n) is 6.53. The Morgan fingerprint density at radius 1 is 1.09 bits per heavy atom. The van der Waals surface area contributed by atoms with E-state index in [0.29, 0.717) is 17.8 Å². The highest BCUT2D eigenvalue weighted by Crippen LogP contribution is 2.46. The minimum Gasteiger partial charge on any atom is -0.343 e. The number of Topliss-reactive ketones (excluding diaryl/α,β-unsaturated/α-hetero) is 1. The molecule has 168 valence electrons. The van der Waals surface area contributed by atoms with E-state index in [0.717, 1.165) is 40.1 Å². The van der Waals surface area contributed by atoms with Crippen molar-refractivity contribution >= 4 is 23.2 Å². The van der Waals surface area contributed by atoms with Gasteiger partial charge >= 0.3 is 0 Å². The molecule has 33 heavy (non-hydrogen) atoms. The number of amides is 1.